The van der Waals surface area contributed by atoms with Crippen molar-refractivity contribution < 1.29 is 0 Å². The van der Waals surface area contributed by atoms with E-state index in [2.05, 4.69) is 19.9 Å². The standard InChI is InChI=1S/C10H16ClN/c1-9(2)3-5-10(7-11,8-12)6-4-9/h3-7H2,1-2H3. The van der Waals surface area contributed by atoms with Crippen molar-refractivity contribution in [3.8, 4) is 6.07 Å². The van der Waals surface area contributed by atoms with Crippen LogP contribution in [0.5, 0.6) is 0 Å². The van der Waals surface area contributed by atoms with E-state index in [-0.39, 0.29) is 5.41 Å². The van der Waals surface area contributed by atoms with E-state index in [1.807, 2.05) is 0 Å². The number of rotatable bonds is 1. The Kier molecular flexibility index (Phi) is 2.68. The molecule has 0 bridgehead atoms. The van der Waals surface area contributed by atoms with Crippen LogP contribution in [0.15, 0.2) is 0 Å². The Morgan fingerprint density at radius 2 is 1.75 bits per heavy atom. The van der Waals surface area contributed by atoms with Gasteiger partial charge in [-0.25, -0.2) is 0 Å². The third kappa shape index (κ3) is 1.93. The van der Waals surface area contributed by atoms with E-state index >= 15 is 0 Å². The van der Waals surface area contributed by atoms with Gasteiger partial charge in [-0.2, -0.15) is 5.26 Å². The summed E-state index contributed by atoms with van der Waals surface area (Å²) in [6.07, 6.45) is 4.21. The molecule has 1 nitrogen and oxygen atoms in total. The van der Waals surface area contributed by atoms with Gasteiger partial charge in [0.05, 0.1) is 11.5 Å². The van der Waals surface area contributed by atoms with Gasteiger partial charge in [-0.1, -0.05) is 13.8 Å². The van der Waals surface area contributed by atoms with E-state index in [1.165, 1.54) is 0 Å². The Morgan fingerprint density at radius 3 is 2.08 bits per heavy atom. The fourth-order valence-electron chi connectivity index (χ4n) is 1.68. The molecule has 0 unspecified atom stereocenters. The van der Waals surface area contributed by atoms with Gasteiger partial charge in [-0.3, -0.25) is 0 Å². The minimum atomic E-state index is -0.211. The summed E-state index contributed by atoms with van der Waals surface area (Å²) in [6, 6.07) is 2.37. The molecule has 0 atom stereocenters. The van der Waals surface area contributed by atoms with Gasteiger partial charge in [0.15, 0.2) is 0 Å². The summed E-state index contributed by atoms with van der Waals surface area (Å²) in [5.74, 6) is 0.500. The molecule has 1 fully saturated rings. The molecule has 0 aromatic carbocycles. The van der Waals surface area contributed by atoms with Crippen molar-refractivity contribution in [1.82, 2.24) is 0 Å². The molecular weight excluding hydrogens is 170 g/mol. The molecule has 1 aliphatic carbocycles. The zero-order valence-electron chi connectivity index (χ0n) is 7.86. The number of alkyl halides is 1. The minimum absolute atomic E-state index is 0.211. The topological polar surface area (TPSA) is 23.8 Å². The summed E-state index contributed by atoms with van der Waals surface area (Å²) in [4.78, 5) is 0. The predicted octanol–water partition coefficient (Wildman–Crippen LogP) is 3.34. The van der Waals surface area contributed by atoms with E-state index in [1.54, 1.807) is 0 Å². The van der Waals surface area contributed by atoms with Gasteiger partial charge in [-0.15, -0.1) is 11.6 Å². The molecule has 0 aliphatic heterocycles. The highest BCUT2D eigenvalue weighted by molar-refractivity contribution is 6.18. The van der Waals surface area contributed by atoms with Gasteiger partial charge in [0.2, 0.25) is 0 Å². The minimum Gasteiger partial charge on any atom is -0.198 e. The predicted molar refractivity (Wildman–Crippen MR) is 51.0 cm³/mol. The number of hydrogen-bond acceptors (Lipinski definition) is 1. The molecule has 0 spiro atoms. The smallest absolute Gasteiger partial charge is 0.0709 e. The summed E-state index contributed by atoms with van der Waals surface area (Å²) in [5.41, 5.74) is 0.212. The Bertz CT molecular complexity index is 192. The molecule has 1 rings (SSSR count). The fourth-order valence-corrected chi connectivity index (χ4v) is 2.01. The molecule has 0 radical (unpaired) electrons. The summed E-state index contributed by atoms with van der Waals surface area (Å²) in [6.45, 7) is 4.53. The summed E-state index contributed by atoms with van der Waals surface area (Å²) in [5, 5.41) is 8.98. The zero-order valence-corrected chi connectivity index (χ0v) is 8.62. The maximum atomic E-state index is 8.98. The second kappa shape index (κ2) is 3.26. The van der Waals surface area contributed by atoms with E-state index < -0.39 is 0 Å². The van der Waals surface area contributed by atoms with Crippen molar-refractivity contribution in [3.63, 3.8) is 0 Å². The highest BCUT2D eigenvalue weighted by Crippen LogP contribution is 2.45. The number of hydrogen-bond donors (Lipinski definition) is 0. The number of halogens is 1. The SMILES string of the molecule is CC1(C)CCC(C#N)(CCl)CC1. The zero-order chi connectivity index (χ0) is 9.24. The lowest BCUT2D eigenvalue weighted by molar-refractivity contribution is 0.162. The first kappa shape index (κ1) is 9.86. The van der Waals surface area contributed by atoms with Crippen LogP contribution >= 0.6 is 11.6 Å². The van der Waals surface area contributed by atoms with E-state index in [9.17, 15) is 0 Å². The lowest BCUT2D eigenvalue weighted by Gasteiger charge is -2.38. The van der Waals surface area contributed by atoms with Crippen molar-refractivity contribution in [1.29, 1.82) is 5.26 Å². The normalized spacial score (nSPS) is 26.2. The Balaban J connectivity index is 2.61. The summed E-state index contributed by atoms with van der Waals surface area (Å²) in [7, 11) is 0. The highest BCUT2D eigenvalue weighted by atomic mass is 35.5. The average molecular weight is 186 g/mol. The van der Waals surface area contributed by atoms with Crippen LogP contribution < -0.4 is 0 Å². The van der Waals surface area contributed by atoms with Crippen molar-refractivity contribution >= 4 is 11.6 Å². The lowest BCUT2D eigenvalue weighted by atomic mass is 9.67. The van der Waals surface area contributed by atoms with Gasteiger partial charge in [0, 0.05) is 5.88 Å². The molecule has 12 heavy (non-hydrogen) atoms. The van der Waals surface area contributed by atoms with Crippen LogP contribution in [0.1, 0.15) is 39.5 Å². The van der Waals surface area contributed by atoms with Crippen molar-refractivity contribution in [3.05, 3.63) is 0 Å². The van der Waals surface area contributed by atoms with E-state index in [0.29, 0.717) is 11.3 Å². The Labute approximate surface area is 79.7 Å². The van der Waals surface area contributed by atoms with E-state index in [4.69, 9.17) is 16.9 Å². The van der Waals surface area contributed by atoms with Gasteiger partial charge < -0.3 is 0 Å². The molecule has 1 saturated carbocycles. The summed E-state index contributed by atoms with van der Waals surface area (Å²) >= 11 is 5.81. The van der Waals surface area contributed by atoms with Gasteiger partial charge in [0.25, 0.3) is 0 Å². The third-order valence-corrected chi connectivity index (χ3v) is 3.57. The van der Waals surface area contributed by atoms with Crippen molar-refractivity contribution in [2.75, 3.05) is 5.88 Å². The lowest BCUT2D eigenvalue weighted by Crippen LogP contribution is -2.31. The first-order chi connectivity index (χ1) is 5.54. The van der Waals surface area contributed by atoms with Crippen LogP contribution in [0, 0.1) is 22.2 Å². The molecule has 2 heteroatoms. The Morgan fingerprint density at radius 1 is 1.25 bits per heavy atom. The maximum absolute atomic E-state index is 8.98. The van der Waals surface area contributed by atoms with Crippen LogP contribution in [0.3, 0.4) is 0 Å². The molecule has 68 valence electrons. The second-order valence-corrected chi connectivity index (χ2v) is 4.96. The molecule has 0 aromatic heterocycles. The number of nitrogens with zero attached hydrogens (tertiary/aromatic N) is 1. The van der Waals surface area contributed by atoms with Gasteiger partial charge >= 0.3 is 0 Å². The molecule has 0 aromatic rings. The van der Waals surface area contributed by atoms with E-state index in [0.717, 1.165) is 25.7 Å². The number of nitriles is 1. The highest BCUT2D eigenvalue weighted by Gasteiger charge is 2.37. The summed E-state index contributed by atoms with van der Waals surface area (Å²) < 4.78 is 0. The third-order valence-electron chi connectivity index (χ3n) is 3.05. The quantitative estimate of drug-likeness (QED) is 0.575. The maximum Gasteiger partial charge on any atom is 0.0709 e. The first-order valence-corrected chi connectivity index (χ1v) is 5.04. The van der Waals surface area contributed by atoms with Crippen LogP contribution in [-0.2, 0) is 0 Å². The largest absolute Gasteiger partial charge is 0.198 e. The monoisotopic (exact) mass is 185 g/mol. The molecule has 0 heterocycles. The second-order valence-electron chi connectivity index (χ2n) is 4.69. The van der Waals surface area contributed by atoms with Crippen molar-refractivity contribution in [2.24, 2.45) is 10.8 Å². The molecule has 1 aliphatic rings. The first-order valence-electron chi connectivity index (χ1n) is 4.51. The molecule has 0 amide bonds. The van der Waals surface area contributed by atoms with Crippen molar-refractivity contribution in [2.45, 2.75) is 39.5 Å². The Hall–Kier alpha value is -0.220. The fraction of sp³-hybridized carbons (Fsp3) is 0.900. The van der Waals surface area contributed by atoms with Crippen LogP contribution in [0.4, 0.5) is 0 Å². The van der Waals surface area contributed by atoms with Crippen LogP contribution in [0.25, 0.3) is 0 Å². The molecule has 0 N–H and O–H groups in total. The average Bonchev–Trinajstić information content (AvgIpc) is 2.06. The van der Waals surface area contributed by atoms with Gasteiger partial charge in [0.1, 0.15) is 0 Å². The molecular formula is C10H16ClN. The van der Waals surface area contributed by atoms with Crippen LogP contribution in [0.2, 0.25) is 0 Å². The van der Waals surface area contributed by atoms with Crippen LogP contribution in [-0.4, -0.2) is 5.88 Å². The molecule has 0 saturated heterocycles. The van der Waals surface area contributed by atoms with Gasteiger partial charge in [-0.05, 0) is 31.1 Å².